The van der Waals surface area contributed by atoms with Crippen LogP contribution in [-0.4, -0.2) is 7.05 Å². The molecule has 2 rings (SSSR count). The van der Waals surface area contributed by atoms with Crippen LogP contribution in [0.2, 0.25) is 0 Å². The minimum Gasteiger partial charge on any atom is -0.310 e. The Balaban J connectivity index is 2.26. The van der Waals surface area contributed by atoms with Gasteiger partial charge in [0.2, 0.25) is 0 Å². The quantitative estimate of drug-likeness (QED) is 0.759. The van der Waals surface area contributed by atoms with E-state index in [0.717, 1.165) is 22.9 Å². The van der Waals surface area contributed by atoms with Crippen LogP contribution in [0.4, 0.5) is 4.39 Å². The fraction of sp³-hybridized carbons (Fsp3) is 0.500. The van der Waals surface area contributed by atoms with Crippen molar-refractivity contribution in [1.29, 1.82) is 0 Å². The smallest absolute Gasteiger partial charge is 0.124 e. The highest BCUT2D eigenvalue weighted by Gasteiger charge is 2.16. The molecule has 19 heavy (non-hydrogen) atoms. The third kappa shape index (κ3) is 4.15. The molecule has 1 atom stereocenters. The van der Waals surface area contributed by atoms with Gasteiger partial charge in [-0.05, 0) is 56.5 Å². The number of benzene rings is 1. The maximum Gasteiger partial charge on any atom is 0.124 e. The summed E-state index contributed by atoms with van der Waals surface area (Å²) in [5, 5.41) is 3.33. The summed E-state index contributed by atoms with van der Waals surface area (Å²) in [6.07, 6.45) is 9.75. The number of likely N-dealkylation sites (N-methyl/N-ethyl adjacent to an activating group) is 1. The van der Waals surface area contributed by atoms with Crippen molar-refractivity contribution >= 4 is 15.9 Å². The monoisotopic (exact) mass is 325 g/mol. The van der Waals surface area contributed by atoms with Crippen LogP contribution in [0.25, 0.3) is 0 Å². The summed E-state index contributed by atoms with van der Waals surface area (Å²) in [6.45, 7) is 0. The summed E-state index contributed by atoms with van der Waals surface area (Å²) in [7, 11) is 1.95. The van der Waals surface area contributed by atoms with Crippen molar-refractivity contribution in [2.45, 2.75) is 44.6 Å². The van der Waals surface area contributed by atoms with E-state index in [0.29, 0.717) is 0 Å². The van der Waals surface area contributed by atoms with Crippen molar-refractivity contribution in [2.75, 3.05) is 7.05 Å². The van der Waals surface area contributed by atoms with Gasteiger partial charge in [0.25, 0.3) is 0 Å². The number of halogens is 2. The van der Waals surface area contributed by atoms with E-state index in [1.54, 1.807) is 6.07 Å². The third-order valence-corrected chi connectivity index (χ3v) is 4.16. The SMILES string of the molecule is CNC(/C1=C/CCCCCC1)c1cc(F)cc(Br)c1. The van der Waals surface area contributed by atoms with E-state index in [9.17, 15) is 4.39 Å². The van der Waals surface area contributed by atoms with Crippen molar-refractivity contribution in [3.05, 3.63) is 45.7 Å². The van der Waals surface area contributed by atoms with Crippen LogP contribution in [-0.2, 0) is 0 Å². The van der Waals surface area contributed by atoms with E-state index >= 15 is 0 Å². The van der Waals surface area contributed by atoms with Gasteiger partial charge in [-0.1, -0.05) is 40.4 Å². The van der Waals surface area contributed by atoms with Crippen LogP contribution in [0, 0.1) is 5.82 Å². The summed E-state index contributed by atoms with van der Waals surface area (Å²) in [4.78, 5) is 0. The lowest BCUT2D eigenvalue weighted by atomic mass is 9.91. The molecule has 1 aliphatic carbocycles. The molecule has 0 heterocycles. The molecule has 0 saturated carbocycles. The van der Waals surface area contributed by atoms with Gasteiger partial charge in [0, 0.05) is 4.47 Å². The van der Waals surface area contributed by atoms with Crippen LogP contribution in [0.15, 0.2) is 34.3 Å². The molecular weight excluding hydrogens is 305 g/mol. The van der Waals surface area contributed by atoms with Crippen LogP contribution in [0.5, 0.6) is 0 Å². The molecule has 3 heteroatoms. The molecular formula is C16H21BrFN. The summed E-state index contributed by atoms with van der Waals surface area (Å²) in [5.74, 6) is -0.184. The molecule has 0 saturated heterocycles. The minimum atomic E-state index is -0.184. The third-order valence-electron chi connectivity index (χ3n) is 3.70. The molecule has 0 aliphatic heterocycles. The Kier molecular flexibility index (Phi) is 5.59. The van der Waals surface area contributed by atoms with Gasteiger partial charge in [-0.15, -0.1) is 0 Å². The molecule has 0 aromatic heterocycles. The molecule has 1 aromatic carbocycles. The number of hydrogen-bond donors (Lipinski definition) is 1. The van der Waals surface area contributed by atoms with Crippen molar-refractivity contribution in [1.82, 2.24) is 5.32 Å². The fourth-order valence-corrected chi connectivity index (χ4v) is 3.27. The first-order valence-electron chi connectivity index (χ1n) is 7.03. The standard InChI is InChI=1S/C16H21BrFN/c1-19-16(12-7-5-3-2-4-6-8-12)13-9-14(17)11-15(18)10-13/h7,9-11,16,19H,2-6,8H2,1H3/b12-7+. The van der Waals surface area contributed by atoms with E-state index in [2.05, 4.69) is 27.3 Å². The zero-order chi connectivity index (χ0) is 13.7. The Morgan fingerprint density at radius 2 is 1.95 bits per heavy atom. The van der Waals surface area contributed by atoms with Gasteiger partial charge in [0.15, 0.2) is 0 Å². The Morgan fingerprint density at radius 3 is 2.68 bits per heavy atom. The number of hydrogen-bond acceptors (Lipinski definition) is 1. The van der Waals surface area contributed by atoms with Crippen LogP contribution >= 0.6 is 15.9 Å². The van der Waals surface area contributed by atoms with E-state index in [-0.39, 0.29) is 11.9 Å². The Labute approximate surface area is 123 Å². The summed E-state index contributed by atoms with van der Waals surface area (Å²) >= 11 is 3.38. The van der Waals surface area contributed by atoms with Gasteiger partial charge in [-0.25, -0.2) is 4.39 Å². The second-order valence-corrected chi connectivity index (χ2v) is 6.07. The van der Waals surface area contributed by atoms with E-state index in [4.69, 9.17) is 0 Å². The highest BCUT2D eigenvalue weighted by atomic mass is 79.9. The predicted octanol–water partition coefficient (Wildman–Crippen LogP) is 5.13. The average Bonchev–Trinajstić information content (AvgIpc) is 2.31. The highest BCUT2D eigenvalue weighted by Crippen LogP contribution is 2.30. The molecule has 0 bridgehead atoms. The second-order valence-electron chi connectivity index (χ2n) is 5.16. The largest absolute Gasteiger partial charge is 0.310 e. The van der Waals surface area contributed by atoms with Gasteiger partial charge >= 0.3 is 0 Å². The van der Waals surface area contributed by atoms with E-state index < -0.39 is 0 Å². The van der Waals surface area contributed by atoms with E-state index in [1.807, 2.05) is 13.1 Å². The Bertz CT molecular complexity index is 436. The lowest BCUT2D eigenvalue weighted by molar-refractivity contribution is 0.568. The van der Waals surface area contributed by atoms with Gasteiger partial charge in [0.1, 0.15) is 5.82 Å². The Hall–Kier alpha value is -0.670. The number of allylic oxidation sites excluding steroid dienone is 1. The molecule has 0 spiro atoms. The van der Waals surface area contributed by atoms with Crippen LogP contribution < -0.4 is 5.32 Å². The van der Waals surface area contributed by atoms with Crippen LogP contribution in [0.1, 0.15) is 50.1 Å². The minimum absolute atomic E-state index is 0.130. The van der Waals surface area contributed by atoms with Gasteiger partial charge in [0.05, 0.1) is 6.04 Å². The molecule has 1 nitrogen and oxygen atoms in total. The zero-order valence-corrected chi connectivity index (χ0v) is 13.0. The average molecular weight is 326 g/mol. The topological polar surface area (TPSA) is 12.0 Å². The first kappa shape index (κ1) is 14.7. The van der Waals surface area contributed by atoms with Gasteiger partial charge < -0.3 is 5.32 Å². The fourth-order valence-electron chi connectivity index (χ4n) is 2.79. The molecule has 0 fully saturated rings. The van der Waals surface area contributed by atoms with Gasteiger partial charge in [-0.3, -0.25) is 0 Å². The lowest BCUT2D eigenvalue weighted by Gasteiger charge is -2.22. The highest BCUT2D eigenvalue weighted by molar-refractivity contribution is 9.10. The molecule has 1 N–H and O–H groups in total. The molecule has 104 valence electrons. The molecule has 1 aromatic rings. The van der Waals surface area contributed by atoms with Crippen molar-refractivity contribution in [3.63, 3.8) is 0 Å². The number of rotatable bonds is 3. The van der Waals surface area contributed by atoms with Crippen molar-refractivity contribution in [2.24, 2.45) is 0 Å². The maximum atomic E-state index is 13.6. The second kappa shape index (κ2) is 7.20. The van der Waals surface area contributed by atoms with Crippen molar-refractivity contribution < 1.29 is 4.39 Å². The van der Waals surface area contributed by atoms with Crippen molar-refractivity contribution in [3.8, 4) is 0 Å². The maximum absolute atomic E-state index is 13.6. The molecule has 0 amide bonds. The molecule has 0 radical (unpaired) electrons. The summed E-state index contributed by atoms with van der Waals surface area (Å²) in [5.41, 5.74) is 2.40. The first-order valence-corrected chi connectivity index (χ1v) is 7.82. The van der Waals surface area contributed by atoms with Crippen LogP contribution in [0.3, 0.4) is 0 Å². The summed E-state index contributed by atoms with van der Waals surface area (Å²) in [6, 6.07) is 5.27. The Morgan fingerprint density at radius 1 is 1.16 bits per heavy atom. The predicted molar refractivity (Wildman–Crippen MR) is 81.7 cm³/mol. The number of nitrogens with one attached hydrogen (secondary N) is 1. The van der Waals surface area contributed by atoms with Gasteiger partial charge in [-0.2, -0.15) is 0 Å². The lowest BCUT2D eigenvalue weighted by Crippen LogP contribution is -2.19. The normalized spacial score (nSPS) is 21.1. The first-order chi connectivity index (χ1) is 9.20. The molecule has 1 unspecified atom stereocenters. The zero-order valence-electron chi connectivity index (χ0n) is 11.4. The molecule has 1 aliphatic rings. The van der Waals surface area contributed by atoms with E-state index in [1.165, 1.54) is 37.3 Å². The summed E-state index contributed by atoms with van der Waals surface area (Å²) < 4.78 is 14.4.